The van der Waals surface area contributed by atoms with Crippen LogP contribution in [0.5, 0.6) is 0 Å². The molecule has 0 radical (unpaired) electrons. The average molecular weight is 294 g/mol. The molecule has 0 saturated heterocycles. The number of nitro groups is 1. The third-order valence-electron chi connectivity index (χ3n) is 3.10. The molecule has 0 aliphatic carbocycles. The molecule has 1 aromatic heterocycles. The van der Waals surface area contributed by atoms with E-state index in [-0.39, 0.29) is 29.3 Å². The minimum absolute atomic E-state index is 0.0687. The Morgan fingerprint density at radius 3 is 2.81 bits per heavy atom. The van der Waals surface area contributed by atoms with Gasteiger partial charge in [0.05, 0.1) is 11.0 Å². The van der Waals surface area contributed by atoms with E-state index >= 15 is 0 Å². The van der Waals surface area contributed by atoms with Crippen molar-refractivity contribution in [2.45, 2.75) is 13.0 Å². The highest BCUT2D eigenvalue weighted by Gasteiger charge is 2.24. The minimum Gasteiger partial charge on any atom is -0.386 e. The van der Waals surface area contributed by atoms with Crippen LogP contribution in [0.4, 0.5) is 15.9 Å². The second kappa shape index (κ2) is 5.88. The van der Waals surface area contributed by atoms with E-state index in [1.54, 1.807) is 13.1 Å². The largest absolute Gasteiger partial charge is 0.386 e. The molecule has 1 heterocycles. The summed E-state index contributed by atoms with van der Waals surface area (Å²) in [5, 5.41) is 27.7. The SMILES string of the molecule is Cc1nn(C)c(NCC(O)c2ccccc2F)c1[N+](=O)[O-]. The molecule has 2 N–H and O–H groups in total. The minimum atomic E-state index is -1.12. The first-order valence-corrected chi connectivity index (χ1v) is 6.26. The molecule has 0 aliphatic heterocycles. The number of nitrogens with one attached hydrogen (secondary N) is 1. The topological polar surface area (TPSA) is 93.2 Å². The molecule has 0 fully saturated rings. The number of aliphatic hydroxyl groups is 1. The highest BCUT2D eigenvalue weighted by Crippen LogP contribution is 2.28. The van der Waals surface area contributed by atoms with Crippen molar-refractivity contribution in [1.82, 2.24) is 9.78 Å². The summed E-state index contributed by atoms with van der Waals surface area (Å²) in [5.41, 5.74) is 0.246. The summed E-state index contributed by atoms with van der Waals surface area (Å²) >= 11 is 0. The maximum atomic E-state index is 13.5. The van der Waals surface area contributed by atoms with Crippen LogP contribution < -0.4 is 5.32 Å². The van der Waals surface area contributed by atoms with Crippen molar-refractivity contribution in [1.29, 1.82) is 0 Å². The Balaban J connectivity index is 2.17. The number of benzene rings is 1. The molecule has 2 aromatic rings. The van der Waals surface area contributed by atoms with Crippen molar-refractivity contribution in [3.05, 3.63) is 51.5 Å². The lowest BCUT2D eigenvalue weighted by Gasteiger charge is -2.13. The van der Waals surface area contributed by atoms with Crippen LogP contribution >= 0.6 is 0 Å². The molecule has 8 heteroatoms. The number of aromatic nitrogens is 2. The van der Waals surface area contributed by atoms with Gasteiger partial charge in [-0.2, -0.15) is 5.10 Å². The molecule has 0 bridgehead atoms. The molecule has 0 amide bonds. The van der Waals surface area contributed by atoms with Crippen LogP contribution in [-0.4, -0.2) is 26.4 Å². The van der Waals surface area contributed by atoms with Crippen LogP contribution in [0.25, 0.3) is 0 Å². The van der Waals surface area contributed by atoms with E-state index in [2.05, 4.69) is 10.4 Å². The number of halogens is 1. The van der Waals surface area contributed by atoms with E-state index < -0.39 is 16.8 Å². The second-order valence-electron chi connectivity index (χ2n) is 4.58. The summed E-state index contributed by atoms with van der Waals surface area (Å²) in [6.45, 7) is 1.46. The maximum absolute atomic E-state index is 13.5. The highest BCUT2D eigenvalue weighted by atomic mass is 19.1. The quantitative estimate of drug-likeness (QED) is 0.649. The first-order valence-electron chi connectivity index (χ1n) is 6.26. The molecule has 21 heavy (non-hydrogen) atoms. The zero-order chi connectivity index (χ0) is 15.6. The van der Waals surface area contributed by atoms with Crippen molar-refractivity contribution in [3.63, 3.8) is 0 Å². The van der Waals surface area contributed by atoms with Crippen molar-refractivity contribution < 1.29 is 14.4 Å². The van der Waals surface area contributed by atoms with E-state index in [0.29, 0.717) is 0 Å². The summed E-state index contributed by atoms with van der Waals surface area (Å²) in [6.07, 6.45) is -1.12. The van der Waals surface area contributed by atoms with Gasteiger partial charge in [0.25, 0.3) is 0 Å². The molecule has 0 aliphatic rings. The number of aryl methyl sites for hydroxylation is 2. The Hall–Kier alpha value is -2.48. The van der Waals surface area contributed by atoms with Crippen molar-refractivity contribution in [2.24, 2.45) is 7.05 Å². The van der Waals surface area contributed by atoms with E-state index in [4.69, 9.17) is 0 Å². The third-order valence-corrected chi connectivity index (χ3v) is 3.10. The van der Waals surface area contributed by atoms with Gasteiger partial charge in [0.1, 0.15) is 11.5 Å². The van der Waals surface area contributed by atoms with Crippen LogP contribution in [0.1, 0.15) is 17.4 Å². The summed E-state index contributed by atoms with van der Waals surface area (Å²) in [7, 11) is 1.55. The molecule has 112 valence electrons. The zero-order valence-corrected chi connectivity index (χ0v) is 11.6. The Morgan fingerprint density at radius 1 is 1.52 bits per heavy atom. The lowest BCUT2D eigenvalue weighted by atomic mass is 10.1. The molecule has 1 unspecified atom stereocenters. The second-order valence-corrected chi connectivity index (χ2v) is 4.58. The highest BCUT2D eigenvalue weighted by molar-refractivity contribution is 5.59. The van der Waals surface area contributed by atoms with E-state index in [0.717, 1.165) is 0 Å². The standard InChI is InChI=1S/C13H15FN4O3/c1-8-12(18(20)21)13(17(2)16-8)15-7-11(19)9-5-3-4-6-10(9)14/h3-6,11,15,19H,7H2,1-2H3. The fourth-order valence-corrected chi connectivity index (χ4v) is 2.11. The Morgan fingerprint density at radius 2 is 2.19 bits per heavy atom. The Bertz CT molecular complexity index is 671. The van der Waals surface area contributed by atoms with E-state index in [1.807, 2.05) is 0 Å². The lowest BCUT2D eigenvalue weighted by Crippen LogP contribution is -2.16. The van der Waals surface area contributed by atoms with E-state index in [1.165, 1.54) is 29.8 Å². The van der Waals surface area contributed by atoms with Crippen molar-refractivity contribution in [2.75, 3.05) is 11.9 Å². The summed E-state index contributed by atoms with van der Waals surface area (Å²) in [6, 6.07) is 5.84. The number of nitrogens with zero attached hydrogens (tertiary/aromatic N) is 3. The van der Waals surface area contributed by atoms with Crippen molar-refractivity contribution >= 4 is 11.5 Å². The van der Waals surface area contributed by atoms with Gasteiger partial charge in [0.15, 0.2) is 0 Å². The van der Waals surface area contributed by atoms with Crippen LogP contribution in [-0.2, 0) is 7.05 Å². The Kier molecular flexibility index (Phi) is 4.18. The smallest absolute Gasteiger partial charge is 0.333 e. The zero-order valence-electron chi connectivity index (χ0n) is 11.6. The molecule has 0 spiro atoms. The predicted molar refractivity (Wildman–Crippen MR) is 74.4 cm³/mol. The van der Waals surface area contributed by atoms with Crippen molar-refractivity contribution in [3.8, 4) is 0 Å². The predicted octanol–water partition coefficient (Wildman–Crippen LogP) is 1.92. The van der Waals surface area contributed by atoms with Gasteiger partial charge in [0.2, 0.25) is 5.82 Å². The van der Waals surface area contributed by atoms with Crippen LogP contribution in [0.15, 0.2) is 24.3 Å². The van der Waals surface area contributed by atoms with Crippen LogP contribution in [0.3, 0.4) is 0 Å². The van der Waals surface area contributed by atoms with Gasteiger partial charge in [-0.25, -0.2) is 9.07 Å². The van der Waals surface area contributed by atoms with Gasteiger partial charge in [-0.05, 0) is 13.0 Å². The summed E-state index contributed by atoms with van der Waals surface area (Å²) < 4.78 is 14.9. The summed E-state index contributed by atoms with van der Waals surface area (Å²) in [4.78, 5) is 10.5. The van der Waals surface area contributed by atoms with E-state index in [9.17, 15) is 19.6 Å². The molecule has 7 nitrogen and oxygen atoms in total. The van der Waals surface area contributed by atoms with Gasteiger partial charge in [-0.3, -0.25) is 10.1 Å². The molecular formula is C13H15FN4O3. The fourth-order valence-electron chi connectivity index (χ4n) is 2.11. The monoisotopic (exact) mass is 294 g/mol. The van der Waals surface area contributed by atoms with Crippen LogP contribution in [0.2, 0.25) is 0 Å². The van der Waals surface area contributed by atoms with Gasteiger partial charge in [0, 0.05) is 19.2 Å². The third kappa shape index (κ3) is 3.00. The van der Waals surface area contributed by atoms with Gasteiger partial charge in [-0.1, -0.05) is 18.2 Å². The number of hydrogen-bond acceptors (Lipinski definition) is 5. The average Bonchev–Trinajstić information content (AvgIpc) is 2.70. The number of hydrogen-bond donors (Lipinski definition) is 2. The number of anilines is 1. The maximum Gasteiger partial charge on any atom is 0.333 e. The molecular weight excluding hydrogens is 279 g/mol. The van der Waals surface area contributed by atoms with Gasteiger partial charge < -0.3 is 10.4 Å². The molecule has 2 rings (SSSR count). The Labute approximate surface area is 120 Å². The normalized spacial score (nSPS) is 12.2. The van der Waals surface area contributed by atoms with Gasteiger partial charge >= 0.3 is 5.69 Å². The lowest BCUT2D eigenvalue weighted by molar-refractivity contribution is -0.384. The molecule has 0 saturated carbocycles. The fraction of sp³-hybridized carbons (Fsp3) is 0.308. The number of rotatable bonds is 5. The summed E-state index contributed by atoms with van der Waals surface area (Å²) in [5.74, 6) is -0.352. The number of aliphatic hydroxyl groups excluding tert-OH is 1. The molecule has 1 atom stereocenters. The van der Waals surface area contributed by atoms with Crippen LogP contribution in [0, 0.1) is 22.9 Å². The first-order chi connectivity index (χ1) is 9.91. The molecule has 1 aromatic carbocycles. The first kappa shape index (κ1) is 14.9. The van der Waals surface area contributed by atoms with Gasteiger partial charge in [-0.15, -0.1) is 0 Å².